The Morgan fingerprint density at radius 2 is 1.68 bits per heavy atom. The van der Waals surface area contributed by atoms with E-state index in [4.69, 9.17) is 9.84 Å². The molecule has 2 aliphatic rings. The summed E-state index contributed by atoms with van der Waals surface area (Å²) in [5.74, 6) is 1.82. The number of rotatable bonds is 6. The fourth-order valence-electron chi connectivity index (χ4n) is 4.74. The molecular weight excluding hydrogens is 347 g/mol. The van der Waals surface area contributed by atoms with Gasteiger partial charge >= 0.3 is 24.8 Å². The van der Waals surface area contributed by atoms with Gasteiger partial charge in [-0.25, -0.2) is 0 Å². The average molecular weight is 388 g/mol. The molecule has 0 aromatic heterocycles. The van der Waals surface area contributed by atoms with E-state index >= 15 is 0 Å². The molecule has 1 aliphatic heterocycles. The van der Waals surface area contributed by atoms with Crippen LogP contribution in [0.2, 0.25) is 0 Å². The topological polar surface area (TPSA) is 69.6 Å². The van der Waals surface area contributed by atoms with Gasteiger partial charge < -0.3 is 35.7 Å². The SMILES string of the molecule is [CH2-]CC(C[CH2-])C(=O)O.[CH2-]C[C@@H]([O-])[C@H](C)[C@@H]1CC[C@@H](C)[C@@H]2CCC(C)OCC12.[Li+]. The van der Waals surface area contributed by atoms with Crippen LogP contribution in [0.25, 0.3) is 0 Å². The van der Waals surface area contributed by atoms with Gasteiger partial charge in [-0.2, -0.15) is 25.4 Å². The number of fused-ring (bicyclic) bond motifs is 1. The number of carboxylic acids is 1. The number of ether oxygens (including phenoxy) is 1. The molecule has 5 heteroatoms. The van der Waals surface area contributed by atoms with Crippen LogP contribution < -0.4 is 24.0 Å². The average Bonchev–Trinajstić information content (AvgIpc) is 2.85. The van der Waals surface area contributed by atoms with E-state index in [0.717, 1.165) is 18.4 Å². The van der Waals surface area contributed by atoms with Crippen LogP contribution in [0, 0.1) is 56.3 Å². The molecule has 0 aromatic carbocycles. The third-order valence-corrected chi connectivity index (χ3v) is 6.86. The Kier molecular flexibility index (Phi) is 14.1. The van der Waals surface area contributed by atoms with Gasteiger partial charge in [-0.1, -0.05) is 26.2 Å². The van der Waals surface area contributed by atoms with Crippen molar-refractivity contribution in [2.45, 2.75) is 77.9 Å². The minimum atomic E-state index is -0.796. The molecule has 2 unspecified atom stereocenters. The first-order valence-electron chi connectivity index (χ1n) is 10.6. The summed E-state index contributed by atoms with van der Waals surface area (Å²) >= 11 is 0. The van der Waals surface area contributed by atoms with Gasteiger partial charge in [0.2, 0.25) is 0 Å². The fourth-order valence-corrected chi connectivity index (χ4v) is 4.74. The summed E-state index contributed by atoms with van der Waals surface area (Å²) in [7, 11) is 0. The largest absolute Gasteiger partial charge is 1.00 e. The first-order valence-corrected chi connectivity index (χ1v) is 10.6. The van der Waals surface area contributed by atoms with Crippen molar-refractivity contribution in [2.75, 3.05) is 6.61 Å². The molecule has 0 amide bonds. The van der Waals surface area contributed by atoms with Gasteiger partial charge in [-0.05, 0) is 49.9 Å². The van der Waals surface area contributed by atoms with Crippen molar-refractivity contribution >= 4 is 5.97 Å². The Balaban J connectivity index is 0.000000694. The predicted molar refractivity (Wildman–Crippen MR) is 108 cm³/mol. The maximum Gasteiger partial charge on any atom is 1.00 e. The molecule has 7 atom stereocenters. The molecule has 0 aromatic rings. The smallest absolute Gasteiger partial charge is 0.854 e. The van der Waals surface area contributed by atoms with Crippen LogP contribution in [0.3, 0.4) is 0 Å². The third-order valence-electron chi connectivity index (χ3n) is 6.86. The summed E-state index contributed by atoms with van der Waals surface area (Å²) in [6, 6.07) is 0. The van der Waals surface area contributed by atoms with E-state index in [1.165, 1.54) is 25.7 Å². The molecule has 0 spiro atoms. The van der Waals surface area contributed by atoms with Crippen molar-refractivity contribution in [3.63, 3.8) is 0 Å². The fraction of sp³-hybridized carbons (Fsp3) is 0.826. The monoisotopic (exact) mass is 387 g/mol. The van der Waals surface area contributed by atoms with E-state index in [2.05, 4.69) is 41.5 Å². The first-order chi connectivity index (χ1) is 12.8. The van der Waals surface area contributed by atoms with Gasteiger partial charge in [0.25, 0.3) is 0 Å². The second kappa shape index (κ2) is 14.1. The van der Waals surface area contributed by atoms with Crippen LogP contribution in [0.5, 0.6) is 0 Å². The molecule has 1 heterocycles. The van der Waals surface area contributed by atoms with Gasteiger partial charge in [0.05, 0.1) is 12.7 Å². The molecule has 2 fully saturated rings. The minimum Gasteiger partial charge on any atom is -0.854 e. The van der Waals surface area contributed by atoms with Gasteiger partial charge in [0, 0.05) is 5.92 Å². The summed E-state index contributed by atoms with van der Waals surface area (Å²) in [4.78, 5) is 10.1. The van der Waals surface area contributed by atoms with E-state index in [1.807, 2.05) is 0 Å². The van der Waals surface area contributed by atoms with Crippen LogP contribution in [0.4, 0.5) is 0 Å². The van der Waals surface area contributed by atoms with E-state index in [1.54, 1.807) is 0 Å². The third kappa shape index (κ3) is 8.02. The Morgan fingerprint density at radius 1 is 1.07 bits per heavy atom. The summed E-state index contributed by atoms with van der Waals surface area (Å²) in [6.45, 7) is 18.3. The molecule has 1 aliphatic carbocycles. The summed E-state index contributed by atoms with van der Waals surface area (Å²) in [5, 5.41) is 20.4. The van der Waals surface area contributed by atoms with Gasteiger partial charge in [0.1, 0.15) is 0 Å². The minimum absolute atomic E-state index is 0. The number of carbonyl (C=O) groups is 1. The Morgan fingerprint density at radius 3 is 2.14 bits per heavy atom. The van der Waals surface area contributed by atoms with E-state index in [0.29, 0.717) is 37.2 Å². The molecule has 0 bridgehead atoms. The van der Waals surface area contributed by atoms with Gasteiger partial charge in [0.15, 0.2) is 0 Å². The van der Waals surface area contributed by atoms with Crippen molar-refractivity contribution in [2.24, 2.45) is 35.5 Å². The second-order valence-electron chi connectivity index (χ2n) is 8.57. The molecule has 4 nitrogen and oxygen atoms in total. The Bertz CT molecular complexity index is 427. The van der Waals surface area contributed by atoms with E-state index in [-0.39, 0.29) is 30.7 Å². The van der Waals surface area contributed by atoms with Crippen molar-refractivity contribution in [1.29, 1.82) is 0 Å². The number of carboxylic acid groups (broad SMARTS) is 1. The maximum absolute atomic E-state index is 12.1. The summed E-state index contributed by atoms with van der Waals surface area (Å²) in [6.07, 6.45) is 6.23. The van der Waals surface area contributed by atoms with Gasteiger partial charge in [-0.3, -0.25) is 4.79 Å². The molecule has 1 N–H and O–H groups in total. The molecule has 28 heavy (non-hydrogen) atoms. The molecule has 160 valence electrons. The quantitative estimate of drug-likeness (QED) is 0.549. The zero-order chi connectivity index (χ0) is 20.6. The van der Waals surface area contributed by atoms with Crippen LogP contribution in [-0.2, 0) is 9.53 Å². The number of hydrogen-bond donors (Lipinski definition) is 1. The Labute approximate surface area is 185 Å². The number of hydrogen-bond acceptors (Lipinski definition) is 3. The molecule has 1 saturated heterocycles. The van der Waals surface area contributed by atoms with Gasteiger partial charge in [-0.15, -0.1) is 0 Å². The summed E-state index contributed by atoms with van der Waals surface area (Å²) < 4.78 is 6.00. The maximum atomic E-state index is 12.1. The second-order valence-corrected chi connectivity index (χ2v) is 8.57. The van der Waals surface area contributed by atoms with Crippen LogP contribution in [0.15, 0.2) is 0 Å². The standard InChI is InChI=1S/C17H30O2.C6H10O2.Li/c1-5-17(18)13(4)15-8-6-11(2)14-9-7-12(3)19-10-16(14)15;1-3-5(4-2)6(7)8;/h11-17H,1,5-10H2,2-4H3;5H,1-4H2,(H,7,8);/q2*-2;+1/t11-,12?,13-,14+,15+,16?,17-;;/m1../s1. The Hall–Kier alpha value is -0.0126. The van der Waals surface area contributed by atoms with Crippen LogP contribution in [0.1, 0.15) is 65.7 Å². The zero-order valence-corrected chi connectivity index (χ0v) is 18.6. The van der Waals surface area contributed by atoms with Crippen molar-refractivity contribution in [3.05, 3.63) is 20.8 Å². The molecule has 2 rings (SSSR count). The van der Waals surface area contributed by atoms with Crippen molar-refractivity contribution in [1.82, 2.24) is 0 Å². The van der Waals surface area contributed by atoms with Crippen LogP contribution in [-0.4, -0.2) is 29.9 Å². The van der Waals surface area contributed by atoms with Crippen molar-refractivity contribution < 1.29 is 38.6 Å². The van der Waals surface area contributed by atoms with E-state index < -0.39 is 12.1 Å². The first kappa shape index (κ1) is 28.0. The summed E-state index contributed by atoms with van der Waals surface area (Å²) in [5.41, 5.74) is 0. The number of aliphatic carboxylic acids is 1. The van der Waals surface area contributed by atoms with E-state index in [9.17, 15) is 9.90 Å². The molecule has 0 radical (unpaired) electrons. The van der Waals surface area contributed by atoms with Crippen LogP contribution >= 0.6 is 0 Å². The van der Waals surface area contributed by atoms with Crippen molar-refractivity contribution in [3.8, 4) is 0 Å². The molecular formula is C23H40LiO4-3. The zero-order valence-electron chi connectivity index (χ0n) is 18.6. The normalized spacial score (nSPS) is 32.1. The predicted octanol–water partition coefficient (Wildman–Crippen LogP) is 1.19. The molecule has 1 saturated carbocycles.